The summed E-state index contributed by atoms with van der Waals surface area (Å²) in [5, 5.41) is 14.5. The number of ether oxygens (including phenoxy) is 1. The van der Waals surface area contributed by atoms with E-state index in [-0.39, 0.29) is 47.4 Å². The molecule has 256 valence electrons. The summed E-state index contributed by atoms with van der Waals surface area (Å²) in [4.78, 5) is 19.9. The summed E-state index contributed by atoms with van der Waals surface area (Å²) in [7, 11) is -4.26. The molecule has 2 N–H and O–H groups in total. The van der Waals surface area contributed by atoms with E-state index in [2.05, 4.69) is 47.7 Å². The molecule has 1 aliphatic heterocycles. The van der Waals surface area contributed by atoms with Crippen molar-refractivity contribution in [3.8, 4) is 11.7 Å². The van der Waals surface area contributed by atoms with Crippen LogP contribution in [0.25, 0.3) is 5.82 Å². The van der Waals surface area contributed by atoms with Crippen molar-refractivity contribution in [2.45, 2.75) is 56.9 Å². The highest BCUT2D eigenvalue weighted by atomic mass is 32.2. The number of amides is 1. The smallest absolute Gasteiger partial charge is 0.397 e. The zero-order chi connectivity index (χ0) is 34.8. The van der Waals surface area contributed by atoms with Crippen molar-refractivity contribution >= 4 is 84.9 Å². The minimum absolute atomic E-state index is 0.0525. The number of carbonyl (C=O) groups excluding carboxylic acids is 1. The van der Waals surface area contributed by atoms with Crippen molar-refractivity contribution in [1.82, 2.24) is 19.5 Å². The van der Waals surface area contributed by atoms with Crippen LogP contribution in [-0.2, 0) is 10.0 Å². The summed E-state index contributed by atoms with van der Waals surface area (Å²) in [5.74, 6) is -1.35. The molecule has 0 radical (unpaired) electrons. The number of pyridine rings is 1. The maximum Gasteiger partial charge on any atom is 0.397 e. The van der Waals surface area contributed by atoms with Crippen LogP contribution in [0.1, 0.15) is 37.0 Å². The molecule has 2 aromatic heterocycles. The lowest BCUT2D eigenvalue weighted by atomic mass is 9.95. The number of hydrogen-bond donors (Lipinski definition) is 7. The Morgan fingerprint density at radius 2 is 1.74 bits per heavy atom. The normalized spacial score (nSPS) is 20.9. The average Bonchev–Trinajstić information content (AvgIpc) is 3.62. The number of hydrogen-bond acceptors (Lipinski definition) is 13. The molecule has 10 nitrogen and oxygen atoms in total. The zero-order valence-corrected chi connectivity index (χ0v) is 30.1. The molecule has 1 saturated carbocycles. The van der Waals surface area contributed by atoms with Crippen LogP contribution in [0.15, 0.2) is 59.6 Å². The maximum atomic E-state index is 13.6. The Hall–Kier alpha value is -1.90. The third-order valence-electron chi connectivity index (χ3n) is 8.71. The Kier molecular flexibility index (Phi) is 9.64. The summed E-state index contributed by atoms with van der Waals surface area (Å²) in [6, 6.07) is 11.5. The number of sulfonamides is 1. The van der Waals surface area contributed by atoms with E-state index in [9.17, 15) is 31.5 Å². The van der Waals surface area contributed by atoms with Gasteiger partial charge in [0.1, 0.15) is 21.9 Å². The molecule has 0 bridgehead atoms. The Morgan fingerprint density at radius 3 is 2.30 bits per heavy atom. The molecule has 2 atom stereocenters. The molecule has 2 fully saturated rings. The first kappa shape index (κ1) is 36.4. The van der Waals surface area contributed by atoms with E-state index in [4.69, 9.17) is 35.0 Å². The van der Waals surface area contributed by atoms with Crippen LogP contribution in [-0.4, -0.2) is 72.7 Å². The third kappa shape index (κ3) is 6.81. The number of thiol groups is 5. The van der Waals surface area contributed by atoms with Gasteiger partial charge in [-0.2, -0.15) is 76.3 Å². The number of alkyl halides is 3. The summed E-state index contributed by atoms with van der Waals surface area (Å²) in [5.41, 5.74) is -3.25. The maximum absolute atomic E-state index is 13.6. The van der Waals surface area contributed by atoms with E-state index in [1.165, 1.54) is 53.3 Å². The van der Waals surface area contributed by atoms with Gasteiger partial charge in [-0.3, -0.25) is 4.79 Å². The highest BCUT2D eigenvalue weighted by Crippen LogP contribution is 2.60. The van der Waals surface area contributed by atoms with Crippen molar-refractivity contribution in [3.05, 3.63) is 60.3 Å². The number of aromatic nitrogens is 3. The molecule has 2 unspecified atom stereocenters. The van der Waals surface area contributed by atoms with Gasteiger partial charge in [-0.25, -0.2) is 22.8 Å². The predicted molar refractivity (Wildman–Crippen MR) is 187 cm³/mol. The standard InChI is InChI=1S/C28H32F3N5O5S6/c1-24(2)26(42,43)18(27(44,45)46)14-35(24)22-17(23(38)34-47(39,40)16-6-4-3-5-7-16)8-9-20(32-22)36-13-10-21(33-36)41-15-19(37)25(11-12-25)28(29,30)31/h3-10,13,18-19,37,42-46H,11-12,14-15H2,1-2H3,(H,34,38). The molecule has 0 spiro atoms. The van der Waals surface area contributed by atoms with Crippen LogP contribution in [0, 0.1) is 11.3 Å². The summed E-state index contributed by atoms with van der Waals surface area (Å²) >= 11 is 23.3. The monoisotopic (exact) mass is 767 g/mol. The highest BCUT2D eigenvalue weighted by molar-refractivity contribution is 8.17. The Morgan fingerprint density at radius 1 is 1.11 bits per heavy atom. The van der Waals surface area contributed by atoms with Crippen LogP contribution in [0.3, 0.4) is 0 Å². The van der Waals surface area contributed by atoms with Crippen molar-refractivity contribution in [2.24, 2.45) is 11.3 Å². The van der Waals surface area contributed by atoms with Gasteiger partial charge < -0.3 is 14.7 Å². The topological polar surface area (TPSA) is 127 Å². The molecule has 19 heteroatoms. The second kappa shape index (κ2) is 12.5. The molecule has 5 rings (SSSR count). The Bertz CT molecular complexity index is 1760. The van der Waals surface area contributed by atoms with Gasteiger partial charge in [-0.15, -0.1) is 5.10 Å². The second-order valence-corrected chi connectivity index (χ2v) is 18.6. The number of nitrogens with zero attached hydrogens (tertiary/aromatic N) is 4. The van der Waals surface area contributed by atoms with Gasteiger partial charge in [0.15, 0.2) is 5.82 Å². The molecule has 2 aliphatic rings. The predicted octanol–water partition coefficient (Wildman–Crippen LogP) is 4.68. The number of rotatable bonds is 10. The van der Waals surface area contributed by atoms with Crippen molar-refractivity contribution in [2.75, 3.05) is 18.1 Å². The third-order valence-corrected chi connectivity index (χ3v) is 12.7. The summed E-state index contributed by atoms with van der Waals surface area (Å²) in [6.45, 7) is 3.14. The van der Waals surface area contributed by atoms with Crippen LogP contribution in [0.4, 0.5) is 19.0 Å². The first-order valence-corrected chi connectivity index (χ1v) is 17.8. The van der Waals surface area contributed by atoms with Crippen LogP contribution < -0.4 is 14.4 Å². The number of anilines is 1. The molecule has 1 saturated heterocycles. The molecular weight excluding hydrogens is 736 g/mol. The first-order valence-electron chi connectivity index (χ1n) is 14.1. The van der Waals surface area contributed by atoms with Gasteiger partial charge in [-0.1, -0.05) is 18.2 Å². The molecule has 3 aromatic rings. The number of carbonyl (C=O) groups is 1. The molecule has 47 heavy (non-hydrogen) atoms. The Balaban J connectivity index is 1.49. The second-order valence-electron chi connectivity index (χ2n) is 12.0. The number of aliphatic hydroxyl groups excluding tert-OH is 1. The van der Waals surface area contributed by atoms with Crippen molar-refractivity contribution in [3.63, 3.8) is 0 Å². The van der Waals surface area contributed by atoms with Crippen molar-refractivity contribution < 1.29 is 36.2 Å². The minimum Gasteiger partial charge on any atom is -0.474 e. The van der Waals surface area contributed by atoms with Gasteiger partial charge >= 0.3 is 6.18 Å². The van der Waals surface area contributed by atoms with Gasteiger partial charge in [0.25, 0.3) is 15.9 Å². The fourth-order valence-corrected chi connectivity index (χ4v) is 8.68. The number of nitrogens with one attached hydrogen (secondary N) is 1. The van der Waals surface area contributed by atoms with E-state index >= 15 is 0 Å². The fourth-order valence-electron chi connectivity index (χ4n) is 5.47. The zero-order valence-electron chi connectivity index (χ0n) is 24.8. The quantitative estimate of drug-likeness (QED) is 0.117. The van der Waals surface area contributed by atoms with E-state index in [0.29, 0.717) is 0 Å². The lowest BCUT2D eigenvalue weighted by Gasteiger charge is -2.42. The minimum atomic E-state index is -4.56. The molecule has 1 amide bonds. The van der Waals surface area contributed by atoms with Gasteiger partial charge in [0.2, 0.25) is 5.88 Å². The molecular formula is C28H32F3N5O5S6. The van der Waals surface area contributed by atoms with E-state index in [0.717, 1.165) is 0 Å². The Labute approximate surface area is 297 Å². The molecule has 1 aliphatic carbocycles. The lowest BCUT2D eigenvalue weighted by molar-refractivity contribution is -0.217. The highest BCUT2D eigenvalue weighted by Gasteiger charge is 2.67. The number of aliphatic hydroxyl groups is 1. The van der Waals surface area contributed by atoms with Crippen LogP contribution >= 0.6 is 63.1 Å². The number of benzene rings is 1. The molecule has 3 heterocycles. The van der Waals surface area contributed by atoms with Crippen LogP contribution in [0.5, 0.6) is 5.88 Å². The largest absolute Gasteiger partial charge is 0.474 e. The first-order chi connectivity index (χ1) is 21.6. The summed E-state index contributed by atoms with van der Waals surface area (Å²) < 4.78 is 72.7. The van der Waals surface area contributed by atoms with Gasteiger partial charge in [0, 0.05) is 24.7 Å². The van der Waals surface area contributed by atoms with Gasteiger partial charge in [-0.05, 0) is 51.0 Å². The molecule has 1 aromatic carbocycles. The van der Waals surface area contributed by atoms with Crippen molar-refractivity contribution in [1.29, 1.82) is 0 Å². The van der Waals surface area contributed by atoms with Gasteiger partial charge in [0.05, 0.1) is 25.5 Å². The van der Waals surface area contributed by atoms with E-state index in [1.807, 2.05) is 13.8 Å². The van der Waals surface area contributed by atoms with Crippen LogP contribution in [0.2, 0.25) is 0 Å². The lowest BCUT2D eigenvalue weighted by Crippen LogP contribution is -2.51. The SMILES string of the molecule is CC1(C)N(c2nc(-n3ccc(OCC(O)C4(C(F)(F)F)CC4)n3)ccc2C(=O)NS(=O)(=O)c2ccccc2)CC(C(S)(S)S)C1(S)S. The summed E-state index contributed by atoms with van der Waals surface area (Å²) in [6.07, 6.45) is -5.26. The van der Waals surface area contributed by atoms with E-state index < -0.39 is 59.2 Å². The average molecular weight is 768 g/mol. The van der Waals surface area contributed by atoms with E-state index in [1.54, 1.807) is 11.0 Å². The fraction of sp³-hybridized carbons (Fsp3) is 0.464. The number of halogens is 3.